The normalized spacial score (nSPS) is 12.2. The molecule has 0 fully saturated rings. The number of halogens is 1. The van der Waals surface area contributed by atoms with E-state index in [-0.39, 0.29) is 6.04 Å². The van der Waals surface area contributed by atoms with Gasteiger partial charge in [0.1, 0.15) is 0 Å². The molecule has 4 heteroatoms. The van der Waals surface area contributed by atoms with Crippen LogP contribution >= 0.6 is 11.6 Å². The summed E-state index contributed by atoms with van der Waals surface area (Å²) in [6.45, 7) is 6.01. The molecule has 0 radical (unpaired) electrons. The minimum Gasteiger partial charge on any atom is -0.369 e. The molecule has 2 rings (SSSR count). The largest absolute Gasteiger partial charge is 0.369 e. The van der Waals surface area contributed by atoms with Crippen LogP contribution in [0, 0.1) is 0 Å². The molecule has 2 aromatic rings. The van der Waals surface area contributed by atoms with Gasteiger partial charge in [-0.15, -0.1) is 0 Å². The van der Waals surface area contributed by atoms with Gasteiger partial charge in [-0.1, -0.05) is 30.7 Å². The summed E-state index contributed by atoms with van der Waals surface area (Å²) in [6.07, 6.45) is 1.93. The molecule has 0 bridgehead atoms. The zero-order valence-electron chi connectivity index (χ0n) is 12.8. The van der Waals surface area contributed by atoms with Gasteiger partial charge in [0.2, 0.25) is 0 Å². The average Bonchev–Trinajstić information content (AvgIpc) is 2.50. The Labute approximate surface area is 132 Å². The van der Waals surface area contributed by atoms with Crippen molar-refractivity contribution in [2.75, 3.05) is 18.5 Å². The topological polar surface area (TPSA) is 28.2 Å². The molecule has 0 aliphatic rings. The Bertz CT molecular complexity index is 551. The molecule has 21 heavy (non-hydrogen) atoms. The monoisotopic (exact) mass is 303 g/mol. The highest BCUT2D eigenvalue weighted by molar-refractivity contribution is 6.30. The van der Waals surface area contributed by atoms with Crippen LogP contribution in [0.3, 0.4) is 0 Å². The SMILES string of the molecule is CCNC(C)c1ccc(N(C)Cc2ccc(Cl)cc2)cn1. The lowest BCUT2D eigenvalue weighted by molar-refractivity contribution is 0.583. The second kappa shape index (κ2) is 7.43. The second-order valence-electron chi connectivity index (χ2n) is 5.20. The van der Waals surface area contributed by atoms with Crippen LogP contribution < -0.4 is 10.2 Å². The second-order valence-corrected chi connectivity index (χ2v) is 5.64. The van der Waals surface area contributed by atoms with Gasteiger partial charge >= 0.3 is 0 Å². The van der Waals surface area contributed by atoms with Crippen molar-refractivity contribution in [1.29, 1.82) is 0 Å². The Morgan fingerprint density at radius 3 is 2.48 bits per heavy atom. The molecule has 1 aromatic carbocycles. The molecule has 3 nitrogen and oxygen atoms in total. The van der Waals surface area contributed by atoms with Crippen molar-refractivity contribution in [3.8, 4) is 0 Å². The maximum atomic E-state index is 5.91. The fourth-order valence-corrected chi connectivity index (χ4v) is 2.37. The molecular formula is C17H22ClN3. The van der Waals surface area contributed by atoms with E-state index in [0.717, 1.165) is 29.5 Å². The fourth-order valence-electron chi connectivity index (χ4n) is 2.25. The molecule has 0 saturated carbocycles. The predicted octanol–water partition coefficient (Wildman–Crippen LogP) is 4.04. The van der Waals surface area contributed by atoms with Gasteiger partial charge in [-0.05, 0) is 43.3 Å². The van der Waals surface area contributed by atoms with E-state index in [1.165, 1.54) is 5.56 Å². The van der Waals surface area contributed by atoms with Crippen molar-refractivity contribution in [3.05, 3.63) is 58.9 Å². The lowest BCUT2D eigenvalue weighted by atomic mass is 10.2. The van der Waals surface area contributed by atoms with Crippen LogP contribution in [-0.2, 0) is 6.54 Å². The summed E-state index contributed by atoms with van der Waals surface area (Å²) < 4.78 is 0. The number of rotatable bonds is 6. The number of hydrogen-bond acceptors (Lipinski definition) is 3. The van der Waals surface area contributed by atoms with Crippen LogP contribution in [0.2, 0.25) is 5.02 Å². The lowest BCUT2D eigenvalue weighted by Gasteiger charge is -2.20. The van der Waals surface area contributed by atoms with E-state index in [1.54, 1.807) is 0 Å². The van der Waals surface area contributed by atoms with Gasteiger partial charge in [0.05, 0.1) is 17.6 Å². The summed E-state index contributed by atoms with van der Waals surface area (Å²) in [5.74, 6) is 0. The van der Waals surface area contributed by atoms with Crippen molar-refractivity contribution < 1.29 is 0 Å². The molecule has 0 spiro atoms. The smallest absolute Gasteiger partial charge is 0.0572 e. The number of aromatic nitrogens is 1. The van der Waals surface area contributed by atoms with E-state index < -0.39 is 0 Å². The summed E-state index contributed by atoms with van der Waals surface area (Å²) in [4.78, 5) is 6.73. The van der Waals surface area contributed by atoms with Crippen molar-refractivity contribution in [1.82, 2.24) is 10.3 Å². The molecule has 0 saturated heterocycles. The zero-order chi connectivity index (χ0) is 15.2. The maximum Gasteiger partial charge on any atom is 0.0572 e. The number of nitrogens with one attached hydrogen (secondary N) is 1. The Morgan fingerprint density at radius 2 is 1.90 bits per heavy atom. The van der Waals surface area contributed by atoms with Crippen LogP contribution in [0.4, 0.5) is 5.69 Å². The quantitative estimate of drug-likeness (QED) is 0.873. The van der Waals surface area contributed by atoms with Crippen molar-refractivity contribution in [2.45, 2.75) is 26.4 Å². The van der Waals surface area contributed by atoms with Crippen LogP contribution in [0.5, 0.6) is 0 Å². The van der Waals surface area contributed by atoms with Crippen molar-refractivity contribution >= 4 is 17.3 Å². The Morgan fingerprint density at radius 1 is 1.19 bits per heavy atom. The molecule has 1 atom stereocenters. The van der Waals surface area contributed by atoms with E-state index in [1.807, 2.05) is 30.5 Å². The van der Waals surface area contributed by atoms with Gasteiger partial charge in [0.25, 0.3) is 0 Å². The molecule has 0 aliphatic carbocycles. The molecule has 0 amide bonds. The fraction of sp³-hybridized carbons (Fsp3) is 0.353. The summed E-state index contributed by atoms with van der Waals surface area (Å²) >= 11 is 5.91. The molecule has 1 unspecified atom stereocenters. The summed E-state index contributed by atoms with van der Waals surface area (Å²) in [6, 6.07) is 12.4. The van der Waals surface area contributed by atoms with E-state index in [0.29, 0.717) is 0 Å². The Hall–Kier alpha value is -1.58. The molecule has 1 aromatic heterocycles. The van der Waals surface area contributed by atoms with Crippen LogP contribution in [0.15, 0.2) is 42.6 Å². The third-order valence-electron chi connectivity index (χ3n) is 3.50. The van der Waals surface area contributed by atoms with E-state index in [4.69, 9.17) is 11.6 Å². The molecule has 1 heterocycles. The maximum absolute atomic E-state index is 5.91. The highest BCUT2D eigenvalue weighted by Gasteiger charge is 2.07. The van der Waals surface area contributed by atoms with Crippen LogP contribution in [0.25, 0.3) is 0 Å². The van der Waals surface area contributed by atoms with Crippen molar-refractivity contribution in [3.63, 3.8) is 0 Å². The van der Waals surface area contributed by atoms with Crippen molar-refractivity contribution in [2.24, 2.45) is 0 Å². The zero-order valence-corrected chi connectivity index (χ0v) is 13.6. The van der Waals surface area contributed by atoms with Gasteiger partial charge in [-0.2, -0.15) is 0 Å². The summed E-state index contributed by atoms with van der Waals surface area (Å²) in [5, 5.41) is 4.14. The number of nitrogens with zero attached hydrogens (tertiary/aromatic N) is 2. The first-order valence-corrected chi connectivity index (χ1v) is 7.63. The standard InChI is InChI=1S/C17H22ClN3/c1-4-19-13(2)17-10-9-16(11-20-17)21(3)12-14-5-7-15(18)8-6-14/h5-11,13,19H,4,12H2,1-3H3. The predicted molar refractivity (Wildman–Crippen MR) is 89.9 cm³/mol. The third-order valence-corrected chi connectivity index (χ3v) is 3.75. The summed E-state index contributed by atoms with van der Waals surface area (Å²) in [7, 11) is 2.07. The van der Waals surface area contributed by atoms with E-state index in [9.17, 15) is 0 Å². The number of pyridine rings is 1. The number of anilines is 1. The first-order valence-electron chi connectivity index (χ1n) is 7.25. The molecule has 1 N–H and O–H groups in total. The van der Waals surface area contributed by atoms with Gasteiger partial charge in [0.15, 0.2) is 0 Å². The summed E-state index contributed by atoms with van der Waals surface area (Å²) in [5.41, 5.74) is 3.41. The molecular weight excluding hydrogens is 282 g/mol. The Kier molecular flexibility index (Phi) is 5.59. The minimum absolute atomic E-state index is 0.283. The Balaban J connectivity index is 2.02. The van der Waals surface area contributed by atoms with Crippen LogP contribution in [-0.4, -0.2) is 18.6 Å². The van der Waals surface area contributed by atoms with Gasteiger partial charge in [0, 0.05) is 24.7 Å². The van der Waals surface area contributed by atoms with E-state index >= 15 is 0 Å². The van der Waals surface area contributed by atoms with Gasteiger partial charge < -0.3 is 10.2 Å². The average molecular weight is 304 g/mol. The van der Waals surface area contributed by atoms with E-state index in [2.05, 4.69) is 48.2 Å². The first kappa shape index (κ1) is 15.8. The lowest BCUT2D eigenvalue weighted by Crippen LogP contribution is -2.20. The van der Waals surface area contributed by atoms with Gasteiger partial charge in [-0.25, -0.2) is 0 Å². The third kappa shape index (κ3) is 4.45. The van der Waals surface area contributed by atoms with Gasteiger partial charge in [-0.3, -0.25) is 4.98 Å². The highest BCUT2D eigenvalue weighted by Crippen LogP contribution is 2.18. The molecule has 0 aliphatic heterocycles. The highest BCUT2D eigenvalue weighted by atomic mass is 35.5. The van der Waals surface area contributed by atoms with Crippen LogP contribution in [0.1, 0.15) is 31.1 Å². The number of hydrogen-bond donors (Lipinski definition) is 1. The first-order chi connectivity index (χ1) is 10.1. The number of benzene rings is 1. The molecule has 112 valence electrons. The minimum atomic E-state index is 0.283.